The summed E-state index contributed by atoms with van der Waals surface area (Å²) in [6, 6.07) is 1.98. The summed E-state index contributed by atoms with van der Waals surface area (Å²) >= 11 is 5.10. The minimum absolute atomic E-state index is 0.0285. The molecule has 20 heavy (non-hydrogen) atoms. The molecule has 6 heteroatoms. The number of rotatable bonds is 2. The zero-order valence-corrected chi connectivity index (χ0v) is 13.6. The molecule has 2 heterocycles. The SMILES string of the molecule is O=C1CN(Cc2sccc2Br)C(=O)C2(CCCCC2)N1. The third-order valence-corrected chi connectivity index (χ3v) is 6.05. The van der Waals surface area contributed by atoms with Crippen LogP contribution in [0, 0.1) is 0 Å². The molecule has 3 rings (SSSR count). The maximum absolute atomic E-state index is 12.8. The van der Waals surface area contributed by atoms with Gasteiger partial charge in [0.05, 0.1) is 6.54 Å². The molecule has 0 aromatic carbocycles. The number of piperazine rings is 1. The van der Waals surface area contributed by atoms with Crippen LogP contribution >= 0.6 is 27.3 Å². The first-order valence-electron chi connectivity index (χ1n) is 6.93. The Labute approximate surface area is 130 Å². The highest BCUT2D eigenvalue weighted by Crippen LogP contribution is 2.33. The Morgan fingerprint density at radius 1 is 1.30 bits per heavy atom. The number of amides is 2. The number of thiophene rings is 1. The van der Waals surface area contributed by atoms with Crippen LogP contribution in [0.25, 0.3) is 0 Å². The number of hydrogen-bond donors (Lipinski definition) is 1. The minimum atomic E-state index is -0.628. The molecule has 1 aromatic heterocycles. The van der Waals surface area contributed by atoms with Crippen LogP contribution in [0.2, 0.25) is 0 Å². The second-order valence-corrected chi connectivity index (χ2v) is 7.40. The Bertz CT molecular complexity index is 537. The summed E-state index contributed by atoms with van der Waals surface area (Å²) in [4.78, 5) is 27.6. The zero-order valence-electron chi connectivity index (χ0n) is 11.2. The molecule has 0 unspecified atom stereocenters. The van der Waals surface area contributed by atoms with E-state index in [2.05, 4.69) is 21.2 Å². The number of halogens is 1. The third kappa shape index (κ3) is 2.51. The monoisotopic (exact) mass is 356 g/mol. The lowest BCUT2D eigenvalue weighted by molar-refractivity contribution is -0.152. The smallest absolute Gasteiger partial charge is 0.249 e. The van der Waals surface area contributed by atoms with Crippen molar-refractivity contribution in [2.24, 2.45) is 0 Å². The van der Waals surface area contributed by atoms with Crippen LogP contribution in [0.5, 0.6) is 0 Å². The molecule has 0 atom stereocenters. The van der Waals surface area contributed by atoms with E-state index in [0.717, 1.165) is 41.5 Å². The highest BCUT2D eigenvalue weighted by Gasteiger charge is 2.46. The van der Waals surface area contributed by atoms with E-state index in [9.17, 15) is 9.59 Å². The average Bonchev–Trinajstić information content (AvgIpc) is 2.82. The van der Waals surface area contributed by atoms with Gasteiger partial charge < -0.3 is 10.2 Å². The Balaban J connectivity index is 1.82. The van der Waals surface area contributed by atoms with Crippen LogP contribution < -0.4 is 5.32 Å². The van der Waals surface area contributed by atoms with Gasteiger partial charge in [-0.2, -0.15) is 0 Å². The van der Waals surface area contributed by atoms with E-state index in [-0.39, 0.29) is 18.4 Å². The standard InChI is InChI=1S/C14H17BrN2O2S/c15-10-4-7-20-11(10)8-17-9-12(18)16-14(13(17)19)5-2-1-3-6-14/h4,7H,1-3,5-6,8-9H2,(H,16,18). The van der Waals surface area contributed by atoms with Crippen molar-refractivity contribution >= 4 is 39.1 Å². The van der Waals surface area contributed by atoms with Gasteiger partial charge in [0.25, 0.3) is 0 Å². The first-order chi connectivity index (χ1) is 9.61. The number of hydrogen-bond acceptors (Lipinski definition) is 3. The van der Waals surface area contributed by atoms with Gasteiger partial charge >= 0.3 is 0 Å². The van der Waals surface area contributed by atoms with E-state index >= 15 is 0 Å². The molecule has 1 aliphatic heterocycles. The molecule has 0 radical (unpaired) electrons. The van der Waals surface area contributed by atoms with E-state index in [1.807, 2.05) is 11.4 Å². The molecule has 2 fully saturated rings. The average molecular weight is 357 g/mol. The van der Waals surface area contributed by atoms with Crippen molar-refractivity contribution < 1.29 is 9.59 Å². The normalized spacial score (nSPS) is 22.1. The van der Waals surface area contributed by atoms with Crippen molar-refractivity contribution in [3.63, 3.8) is 0 Å². The van der Waals surface area contributed by atoms with Crippen molar-refractivity contribution in [3.05, 3.63) is 20.8 Å². The molecular weight excluding hydrogens is 340 g/mol. The van der Waals surface area contributed by atoms with Crippen LogP contribution in [0.4, 0.5) is 0 Å². The summed E-state index contributed by atoms with van der Waals surface area (Å²) in [7, 11) is 0. The van der Waals surface area contributed by atoms with Crippen molar-refractivity contribution in [3.8, 4) is 0 Å². The lowest BCUT2D eigenvalue weighted by Crippen LogP contribution is -2.66. The molecule has 2 aliphatic rings. The summed E-state index contributed by atoms with van der Waals surface area (Å²) in [5.74, 6) is 0.0660. The van der Waals surface area contributed by atoms with Gasteiger partial charge in [0.2, 0.25) is 11.8 Å². The van der Waals surface area contributed by atoms with Gasteiger partial charge in [0.1, 0.15) is 12.1 Å². The molecule has 2 amide bonds. The molecule has 1 spiro atoms. The number of nitrogens with zero attached hydrogens (tertiary/aromatic N) is 1. The summed E-state index contributed by atoms with van der Waals surface area (Å²) in [5, 5.41) is 4.96. The van der Waals surface area contributed by atoms with Gasteiger partial charge in [-0.25, -0.2) is 0 Å². The van der Waals surface area contributed by atoms with Gasteiger partial charge in [0, 0.05) is 9.35 Å². The molecule has 0 bridgehead atoms. The predicted molar refractivity (Wildman–Crippen MR) is 81.4 cm³/mol. The van der Waals surface area contributed by atoms with Crippen molar-refractivity contribution in [2.75, 3.05) is 6.54 Å². The van der Waals surface area contributed by atoms with Crippen LogP contribution in [0.3, 0.4) is 0 Å². The lowest BCUT2D eigenvalue weighted by atomic mass is 9.79. The molecule has 1 aliphatic carbocycles. The fourth-order valence-electron chi connectivity index (χ4n) is 3.14. The summed E-state index contributed by atoms with van der Waals surface area (Å²) in [6.07, 6.45) is 4.74. The summed E-state index contributed by atoms with van der Waals surface area (Å²) in [6.45, 7) is 0.692. The Hall–Kier alpha value is -0.880. The third-order valence-electron chi connectivity index (χ3n) is 4.14. The largest absolute Gasteiger partial charge is 0.340 e. The molecule has 1 saturated carbocycles. The van der Waals surface area contributed by atoms with Crippen molar-refractivity contribution in [1.82, 2.24) is 10.2 Å². The Morgan fingerprint density at radius 2 is 2.05 bits per heavy atom. The van der Waals surface area contributed by atoms with Crippen molar-refractivity contribution in [1.29, 1.82) is 0 Å². The predicted octanol–water partition coefficient (Wildman–Crippen LogP) is 2.67. The highest BCUT2D eigenvalue weighted by molar-refractivity contribution is 9.10. The van der Waals surface area contributed by atoms with Gasteiger partial charge in [-0.1, -0.05) is 19.3 Å². The Kier molecular flexibility index (Phi) is 3.86. The molecule has 108 valence electrons. The van der Waals surface area contributed by atoms with Crippen LogP contribution in [0.1, 0.15) is 37.0 Å². The zero-order chi connectivity index (χ0) is 14.2. The fraction of sp³-hybridized carbons (Fsp3) is 0.571. The van der Waals surface area contributed by atoms with E-state index in [1.54, 1.807) is 16.2 Å². The molecule has 1 saturated heterocycles. The summed E-state index contributed by atoms with van der Waals surface area (Å²) < 4.78 is 1.01. The van der Waals surface area contributed by atoms with E-state index in [0.29, 0.717) is 6.54 Å². The second kappa shape index (κ2) is 5.48. The van der Waals surface area contributed by atoms with E-state index in [4.69, 9.17) is 0 Å². The van der Waals surface area contributed by atoms with Crippen molar-refractivity contribution in [2.45, 2.75) is 44.2 Å². The Morgan fingerprint density at radius 3 is 2.70 bits per heavy atom. The maximum atomic E-state index is 12.8. The number of nitrogens with one attached hydrogen (secondary N) is 1. The lowest BCUT2D eigenvalue weighted by Gasteiger charge is -2.44. The maximum Gasteiger partial charge on any atom is 0.249 e. The van der Waals surface area contributed by atoms with Crippen LogP contribution in [-0.4, -0.2) is 28.8 Å². The first-order valence-corrected chi connectivity index (χ1v) is 8.60. The highest BCUT2D eigenvalue weighted by atomic mass is 79.9. The first kappa shape index (κ1) is 14.1. The van der Waals surface area contributed by atoms with E-state index in [1.165, 1.54) is 0 Å². The van der Waals surface area contributed by atoms with Gasteiger partial charge in [-0.05, 0) is 40.2 Å². The molecule has 4 nitrogen and oxygen atoms in total. The molecular formula is C14H17BrN2O2S. The number of carbonyl (C=O) groups is 2. The molecule has 1 N–H and O–H groups in total. The van der Waals surface area contributed by atoms with E-state index < -0.39 is 5.54 Å². The van der Waals surface area contributed by atoms with Gasteiger partial charge in [0.15, 0.2) is 0 Å². The topological polar surface area (TPSA) is 49.4 Å². The van der Waals surface area contributed by atoms with Crippen LogP contribution in [0.15, 0.2) is 15.9 Å². The molecule has 1 aromatic rings. The minimum Gasteiger partial charge on any atom is -0.340 e. The number of carbonyl (C=O) groups excluding carboxylic acids is 2. The van der Waals surface area contributed by atoms with Crippen LogP contribution in [-0.2, 0) is 16.1 Å². The van der Waals surface area contributed by atoms with Gasteiger partial charge in [-0.3, -0.25) is 9.59 Å². The quantitative estimate of drug-likeness (QED) is 0.885. The van der Waals surface area contributed by atoms with Gasteiger partial charge in [-0.15, -0.1) is 11.3 Å². The summed E-state index contributed by atoms with van der Waals surface area (Å²) in [5.41, 5.74) is -0.628. The fourth-order valence-corrected chi connectivity index (χ4v) is 4.63. The second-order valence-electron chi connectivity index (χ2n) is 5.54.